The van der Waals surface area contributed by atoms with Crippen LogP contribution in [0.5, 0.6) is 5.75 Å². The van der Waals surface area contributed by atoms with Gasteiger partial charge in [0.25, 0.3) is 0 Å². The molecule has 1 rings (SSSR count). The van der Waals surface area contributed by atoms with Crippen LogP contribution >= 0.6 is 11.6 Å². The molecular formula is C14H20ClNO2. The van der Waals surface area contributed by atoms with Crippen molar-refractivity contribution in [1.82, 2.24) is 5.32 Å². The summed E-state index contributed by atoms with van der Waals surface area (Å²) in [7, 11) is 1.59. The van der Waals surface area contributed by atoms with Gasteiger partial charge >= 0.3 is 0 Å². The summed E-state index contributed by atoms with van der Waals surface area (Å²) in [4.78, 5) is 12.2. The normalized spacial score (nSPS) is 11.4. The molecule has 0 saturated heterocycles. The van der Waals surface area contributed by atoms with E-state index in [1.54, 1.807) is 25.3 Å². The van der Waals surface area contributed by atoms with Gasteiger partial charge in [-0.1, -0.05) is 18.5 Å². The molecule has 0 radical (unpaired) electrons. The molecule has 0 heterocycles. The molecular weight excluding hydrogens is 250 g/mol. The highest BCUT2D eigenvalue weighted by molar-refractivity contribution is 6.30. The van der Waals surface area contributed by atoms with Crippen LogP contribution < -0.4 is 10.1 Å². The minimum absolute atomic E-state index is 0.116. The highest BCUT2D eigenvalue weighted by atomic mass is 35.5. The molecule has 0 aromatic heterocycles. The van der Waals surface area contributed by atoms with E-state index in [1.807, 2.05) is 20.8 Å². The van der Waals surface area contributed by atoms with Gasteiger partial charge in [0.1, 0.15) is 5.75 Å². The summed E-state index contributed by atoms with van der Waals surface area (Å²) >= 11 is 5.95. The van der Waals surface area contributed by atoms with Crippen molar-refractivity contribution in [3.63, 3.8) is 0 Å². The van der Waals surface area contributed by atoms with Crippen LogP contribution in [0.1, 0.15) is 26.3 Å². The number of hydrogen-bond donors (Lipinski definition) is 1. The second kappa shape index (κ2) is 6.21. The minimum atomic E-state index is -0.540. The third kappa shape index (κ3) is 3.72. The molecule has 1 N–H and O–H groups in total. The zero-order valence-electron chi connectivity index (χ0n) is 11.3. The van der Waals surface area contributed by atoms with E-state index in [0.29, 0.717) is 17.2 Å². The van der Waals surface area contributed by atoms with E-state index >= 15 is 0 Å². The van der Waals surface area contributed by atoms with Gasteiger partial charge in [-0.2, -0.15) is 0 Å². The van der Waals surface area contributed by atoms with E-state index in [1.165, 1.54) is 0 Å². The summed E-state index contributed by atoms with van der Waals surface area (Å²) in [5.74, 6) is 0.810. The highest BCUT2D eigenvalue weighted by Crippen LogP contribution is 2.24. The van der Waals surface area contributed by atoms with E-state index in [4.69, 9.17) is 16.3 Å². The van der Waals surface area contributed by atoms with Crippen molar-refractivity contribution in [2.75, 3.05) is 13.7 Å². The molecule has 4 heteroatoms. The molecule has 0 amide bonds. The van der Waals surface area contributed by atoms with Crippen LogP contribution in [0.25, 0.3) is 0 Å². The van der Waals surface area contributed by atoms with Crippen molar-refractivity contribution in [1.29, 1.82) is 0 Å². The summed E-state index contributed by atoms with van der Waals surface area (Å²) in [6.45, 7) is 6.51. The minimum Gasteiger partial charge on any atom is -0.496 e. The SMILES string of the molecule is CCNC(C)(C)C(=O)Cc1cc(Cl)ccc1OC. The van der Waals surface area contributed by atoms with Crippen LogP contribution in [0.2, 0.25) is 5.02 Å². The number of carbonyl (C=O) groups excluding carboxylic acids is 1. The fraction of sp³-hybridized carbons (Fsp3) is 0.500. The topological polar surface area (TPSA) is 38.3 Å². The quantitative estimate of drug-likeness (QED) is 0.863. The Kier molecular flexibility index (Phi) is 5.17. The van der Waals surface area contributed by atoms with Crippen LogP contribution in [0.4, 0.5) is 0 Å². The molecule has 0 unspecified atom stereocenters. The third-order valence-corrected chi connectivity index (χ3v) is 3.14. The maximum atomic E-state index is 12.2. The second-order valence-electron chi connectivity index (χ2n) is 4.71. The van der Waals surface area contributed by atoms with Crippen LogP contribution in [-0.2, 0) is 11.2 Å². The van der Waals surface area contributed by atoms with E-state index in [-0.39, 0.29) is 5.78 Å². The number of hydrogen-bond acceptors (Lipinski definition) is 3. The Labute approximate surface area is 113 Å². The van der Waals surface area contributed by atoms with Gasteiger partial charge in [0.2, 0.25) is 0 Å². The van der Waals surface area contributed by atoms with E-state index in [0.717, 1.165) is 12.1 Å². The molecule has 0 aliphatic rings. The lowest BCUT2D eigenvalue weighted by atomic mass is 9.93. The maximum Gasteiger partial charge on any atom is 0.156 e. The number of benzene rings is 1. The number of nitrogens with one attached hydrogen (secondary N) is 1. The second-order valence-corrected chi connectivity index (χ2v) is 5.15. The lowest BCUT2D eigenvalue weighted by Crippen LogP contribution is -2.47. The van der Waals surface area contributed by atoms with Crippen LogP contribution in [0.3, 0.4) is 0 Å². The van der Waals surface area contributed by atoms with Gasteiger partial charge in [-0.25, -0.2) is 0 Å². The van der Waals surface area contributed by atoms with Gasteiger partial charge in [-0.15, -0.1) is 0 Å². The molecule has 1 aromatic carbocycles. The monoisotopic (exact) mass is 269 g/mol. The molecule has 0 aliphatic heterocycles. The average Bonchev–Trinajstić information content (AvgIpc) is 2.29. The first-order valence-electron chi connectivity index (χ1n) is 6.01. The number of ether oxygens (including phenoxy) is 1. The standard InChI is InChI=1S/C14H20ClNO2/c1-5-16-14(2,3)13(17)9-10-8-11(15)6-7-12(10)18-4/h6-8,16H,5,9H2,1-4H3. The fourth-order valence-corrected chi connectivity index (χ4v) is 2.01. The van der Waals surface area contributed by atoms with E-state index in [9.17, 15) is 4.79 Å². The van der Waals surface area contributed by atoms with Gasteiger partial charge < -0.3 is 10.1 Å². The summed E-state index contributed by atoms with van der Waals surface area (Å²) < 4.78 is 5.24. The van der Waals surface area contributed by atoms with Gasteiger partial charge in [0.15, 0.2) is 5.78 Å². The van der Waals surface area contributed by atoms with Crippen LogP contribution in [-0.4, -0.2) is 25.0 Å². The van der Waals surface area contributed by atoms with Crippen LogP contribution in [0.15, 0.2) is 18.2 Å². The Hall–Kier alpha value is -1.06. The zero-order chi connectivity index (χ0) is 13.8. The number of halogens is 1. The Balaban J connectivity index is 2.90. The van der Waals surface area contributed by atoms with Crippen LogP contribution in [0, 0.1) is 0 Å². The van der Waals surface area contributed by atoms with Crippen molar-refractivity contribution < 1.29 is 9.53 Å². The number of likely N-dealkylation sites (N-methyl/N-ethyl adjacent to an activating group) is 1. The van der Waals surface area contributed by atoms with Gasteiger partial charge in [-0.3, -0.25) is 4.79 Å². The molecule has 0 saturated carbocycles. The summed E-state index contributed by atoms with van der Waals surface area (Å²) in [6.07, 6.45) is 0.309. The molecule has 3 nitrogen and oxygen atoms in total. The Morgan fingerprint density at radius 2 is 2.11 bits per heavy atom. The Morgan fingerprint density at radius 1 is 1.44 bits per heavy atom. The molecule has 0 fully saturated rings. The molecule has 0 spiro atoms. The molecule has 0 atom stereocenters. The van der Waals surface area contributed by atoms with Crippen molar-refractivity contribution in [3.8, 4) is 5.75 Å². The fourth-order valence-electron chi connectivity index (χ4n) is 1.82. The molecule has 18 heavy (non-hydrogen) atoms. The Bertz CT molecular complexity index is 430. The molecule has 0 bridgehead atoms. The predicted octanol–water partition coefficient (Wildman–Crippen LogP) is 2.85. The third-order valence-electron chi connectivity index (χ3n) is 2.91. The number of ketones is 1. The smallest absolute Gasteiger partial charge is 0.156 e. The van der Waals surface area contributed by atoms with Gasteiger partial charge in [0.05, 0.1) is 12.6 Å². The zero-order valence-corrected chi connectivity index (χ0v) is 12.1. The Morgan fingerprint density at radius 3 is 2.67 bits per heavy atom. The lowest BCUT2D eigenvalue weighted by molar-refractivity contribution is -0.123. The predicted molar refractivity (Wildman–Crippen MR) is 74.5 cm³/mol. The maximum absolute atomic E-state index is 12.2. The van der Waals surface area contributed by atoms with Crippen molar-refractivity contribution in [2.45, 2.75) is 32.7 Å². The molecule has 0 aliphatic carbocycles. The van der Waals surface area contributed by atoms with E-state index < -0.39 is 5.54 Å². The van der Waals surface area contributed by atoms with Crippen molar-refractivity contribution in [3.05, 3.63) is 28.8 Å². The van der Waals surface area contributed by atoms with E-state index in [2.05, 4.69) is 5.32 Å². The summed E-state index contributed by atoms with van der Waals surface area (Å²) in [5.41, 5.74) is 0.281. The summed E-state index contributed by atoms with van der Waals surface area (Å²) in [5, 5.41) is 3.78. The number of Topliss-reactive ketones (excluding diaryl/α,β-unsaturated/α-hetero) is 1. The van der Waals surface area contributed by atoms with Gasteiger partial charge in [0, 0.05) is 17.0 Å². The highest BCUT2D eigenvalue weighted by Gasteiger charge is 2.26. The molecule has 1 aromatic rings. The van der Waals surface area contributed by atoms with Crippen molar-refractivity contribution >= 4 is 17.4 Å². The first-order chi connectivity index (χ1) is 8.40. The number of methoxy groups -OCH3 is 1. The average molecular weight is 270 g/mol. The first-order valence-corrected chi connectivity index (χ1v) is 6.39. The van der Waals surface area contributed by atoms with Gasteiger partial charge in [-0.05, 0) is 38.6 Å². The first kappa shape index (κ1) is 15.0. The summed E-state index contributed by atoms with van der Waals surface area (Å²) in [6, 6.07) is 5.31. The number of carbonyl (C=O) groups is 1. The lowest BCUT2D eigenvalue weighted by Gasteiger charge is -2.24. The molecule has 100 valence electrons. The van der Waals surface area contributed by atoms with Crippen molar-refractivity contribution in [2.24, 2.45) is 0 Å². The largest absolute Gasteiger partial charge is 0.496 e. The number of rotatable bonds is 6.